The molecule has 0 radical (unpaired) electrons. The van der Waals surface area contributed by atoms with E-state index in [-0.39, 0.29) is 24.2 Å². The molecular formula is C14H19NO4. The van der Waals surface area contributed by atoms with Crippen molar-refractivity contribution in [3.8, 4) is 0 Å². The molecule has 1 aliphatic heterocycles. The van der Waals surface area contributed by atoms with Gasteiger partial charge in [0.05, 0.1) is 12.7 Å². The molecule has 0 aliphatic carbocycles. The number of hydrogen-bond donors (Lipinski definition) is 0. The Labute approximate surface area is 112 Å². The second-order valence-corrected chi connectivity index (χ2v) is 4.77. The molecule has 104 valence electrons. The van der Waals surface area contributed by atoms with E-state index in [2.05, 4.69) is 0 Å². The molecule has 1 atom stereocenters. The summed E-state index contributed by atoms with van der Waals surface area (Å²) < 4.78 is 11.9. The molecular weight excluding hydrogens is 246 g/mol. The number of carbonyl (C=O) groups is 1. The average Bonchev–Trinajstić information content (AvgIpc) is 2.88. The summed E-state index contributed by atoms with van der Waals surface area (Å²) in [5, 5.41) is 0. The molecule has 0 bridgehead atoms. The zero-order chi connectivity index (χ0) is 13.7. The summed E-state index contributed by atoms with van der Waals surface area (Å²) >= 11 is 0. The number of aryl methyl sites for hydroxylation is 1. The highest BCUT2D eigenvalue weighted by atomic mass is 16.5. The highest BCUT2D eigenvalue weighted by molar-refractivity contribution is 5.69. The van der Waals surface area contributed by atoms with Gasteiger partial charge in [-0.3, -0.25) is 9.59 Å². The lowest BCUT2D eigenvalue weighted by Crippen LogP contribution is -2.26. The van der Waals surface area contributed by atoms with Crippen LogP contribution in [0.4, 0.5) is 0 Å². The van der Waals surface area contributed by atoms with Crippen LogP contribution in [0.15, 0.2) is 23.1 Å². The van der Waals surface area contributed by atoms with Crippen LogP contribution in [-0.2, 0) is 20.8 Å². The normalized spacial score (nSPS) is 18.5. The molecule has 5 nitrogen and oxygen atoms in total. The lowest BCUT2D eigenvalue weighted by Gasteiger charge is -2.10. The van der Waals surface area contributed by atoms with Crippen molar-refractivity contribution < 1.29 is 14.3 Å². The predicted molar refractivity (Wildman–Crippen MR) is 70.0 cm³/mol. The Bertz CT molecular complexity index is 488. The first-order chi connectivity index (χ1) is 9.16. The largest absolute Gasteiger partial charge is 0.464 e. The fourth-order valence-electron chi connectivity index (χ4n) is 2.14. The monoisotopic (exact) mass is 265 g/mol. The van der Waals surface area contributed by atoms with E-state index in [1.165, 1.54) is 4.57 Å². The van der Waals surface area contributed by atoms with Gasteiger partial charge in [0.15, 0.2) is 0 Å². The summed E-state index contributed by atoms with van der Waals surface area (Å²) in [5.41, 5.74) is 0.466. The number of pyridine rings is 1. The number of aromatic nitrogens is 1. The van der Waals surface area contributed by atoms with Crippen molar-refractivity contribution in [3.05, 3.63) is 34.2 Å². The van der Waals surface area contributed by atoms with Crippen molar-refractivity contribution in [1.82, 2.24) is 4.57 Å². The molecule has 1 fully saturated rings. The van der Waals surface area contributed by atoms with Gasteiger partial charge in [-0.1, -0.05) is 6.07 Å². The number of ether oxygens (including phenoxy) is 2. The van der Waals surface area contributed by atoms with Crippen LogP contribution in [0.1, 0.15) is 24.8 Å². The smallest absolute Gasteiger partial charge is 0.326 e. The van der Waals surface area contributed by atoms with Crippen LogP contribution in [0, 0.1) is 6.92 Å². The van der Waals surface area contributed by atoms with E-state index < -0.39 is 0 Å². The predicted octanol–water partition coefficient (Wildman–Crippen LogP) is 1.27. The van der Waals surface area contributed by atoms with Gasteiger partial charge in [0.25, 0.3) is 5.56 Å². The topological polar surface area (TPSA) is 57.5 Å². The lowest BCUT2D eigenvalue weighted by molar-refractivity contribution is -0.145. The molecule has 2 rings (SSSR count). The Hall–Kier alpha value is -1.62. The highest BCUT2D eigenvalue weighted by Gasteiger charge is 2.16. The van der Waals surface area contributed by atoms with Crippen LogP contribution in [0.25, 0.3) is 0 Å². The van der Waals surface area contributed by atoms with Crippen LogP contribution >= 0.6 is 0 Å². The summed E-state index contributed by atoms with van der Waals surface area (Å²) in [7, 11) is 0. The first-order valence-corrected chi connectivity index (χ1v) is 6.60. The van der Waals surface area contributed by atoms with Gasteiger partial charge in [0.1, 0.15) is 6.54 Å². The molecule has 1 aromatic heterocycles. The molecule has 19 heavy (non-hydrogen) atoms. The summed E-state index contributed by atoms with van der Waals surface area (Å²) in [6, 6.07) is 3.47. The van der Waals surface area contributed by atoms with Gasteiger partial charge < -0.3 is 14.0 Å². The van der Waals surface area contributed by atoms with Crippen LogP contribution < -0.4 is 5.56 Å². The Kier molecular flexibility index (Phi) is 4.74. The van der Waals surface area contributed by atoms with Crippen molar-refractivity contribution in [1.29, 1.82) is 0 Å². The molecule has 0 spiro atoms. The van der Waals surface area contributed by atoms with Gasteiger partial charge in [-0.15, -0.1) is 0 Å². The molecule has 1 saturated heterocycles. The molecule has 0 saturated carbocycles. The second kappa shape index (κ2) is 6.52. The number of nitrogens with zero attached hydrogens (tertiary/aromatic N) is 1. The van der Waals surface area contributed by atoms with Crippen molar-refractivity contribution in [2.45, 2.75) is 38.8 Å². The quantitative estimate of drug-likeness (QED) is 0.752. The van der Waals surface area contributed by atoms with Crippen molar-refractivity contribution in [2.75, 3.05) is 13.2 Å². The highest BCUT2D eigenvalue weighted by Crippen LogP contribution is 2.14. The zero-order valence-electron chi connectivity index (χ0n) is 11.1. The van der Waals surface area contributed by atoms with E-state index in [1.807, 2.05) is 0 Å². The number of hydrogen-bond acceptors (Lipinski definition) is 4. The minimum atomic E-state index is -0.384. The fourth-order valence-corrected chi connectivity index (χ4v) is 2.14. The first kappa shape index (κ1) is 13.8. The van der Waals surface area contributed by atoms with Crippen molar-refractivity contribution >= 4 is 5.97 Å². The Balaban J connectivity index is 1.77. The summed E-state index contributed by atoms with van der Waals surface area (Å²) in [4.78, 5) is 23.3. The van der Waals surface area contributed by atoms with Crippen LogP contribution in [0.2, 0.25) is 0 Å². The Morgan fingerprint density at radius 1 is 1.58 bits per heavy atom. The van der Waals surface area contributed by atoms with Crippen molar-refractivity contribution in [2.24, 2.45) is 0 Å². The fraction of sp³-hybridized carbons (Fsp3) is 0.571. The maximum atomic E-state index is 11.7. The minimum Gasteiger partial charge on any atom is -0.464 e. The first-order valence-electron chi connectivity index (χ1n) is 6.60. The van der Waals surface area contributed by atoms with Gasteiger partial charge in [-0.2, -0.15) is 0 Å². The lowest BCUT2D eigenvalue weighted by atomic mass is 10.2. The number of rotatable bonds is 5. The third-order valence-electron chi connectivity index (χ3n) is 3.24. The van der Waals surface area contributed by atoms with Crippen molar-refractivity contribution in [3.63, 3.8) is 0 Å². The molecule has 1 unspecified atom stereocenters. The molecule has 0 aromatic carbocycles. The Morgan fingerprint density at radius 3 is 3.16 bits per heavy atom. The standard InChI is InChI=1S/C14H19NO4/c1-11-4-2-7-15(14(11)17)10-13(16)19-9-6-12-5-3-8-18-12/h2,4,7,12H,3,5-6,8-10H2,1H3. The van der Waals surface area contributed by atoms with Gasteiger partial charge in [0.2, 0.25) is 0 Å². The maximum absolute atomic E-state index is 11.7. The van der Waals surface area contributed by atoms with E-state index in [0.29, 0.717) is 12.2 Å². The van der Waals surface area contributed by atoms with Crippen LogP contribution in [0.5, 0.6) is 0 Å². The summed E-state index contributed by atoms with van der Waals surface area (Å²) in [6.45, 7) is 2.84. The molecule has 0 N–H and O–H groups in total. The van der Waals surface area contributed by atoms with E-state index in [1.54, 1.807) is 25.3 Å². The van der Waals surface area contributed by atoms with Gasteiger partial charge in [0, 0.05) is 24.8 Å². The maximum Gasteiger partial charge on any atom is 0.326 e. The van der Waals surface area contributed by atoms with E-state index >= 15 is 0 Å². The summed E-state index contributed by atoms with van der Waals surface area (Å²) in [5.74, 6) is -0.384. The second-order valence-electron chi connectivity index (χ2n) is 4.77. The van der Waals surface area contributed by atoms with Gasteiger partial charge >= 0.3 is 5.97 Å². The number of carbonyl (C=O) groups excluding carboxylic acids is 1. The van der Waals surface area contributed by atoms with Crippen LogP contribution in [-0.4, -0.2) is 29.9 Å². The molecule has 1 aliphatic rings. The molecule has 2 heterocycles. The van der Waals surface area contributed by atoms with E-state index in [9.17, 15) is 9.59 Å². The van der Waals surface area contributed by atoms with E-state index in [4.69, 9.17) is 9.47 Å². The molecule has 1 aromatic rings. The Morgan fingerprint density at radius 2 is 2.42 bits per heavy atom. The zero-order valence-corrected chi connectivity index (χ0v) is 11.1. The average molecular weight is 265 g/mol. The third-order valence-corrected chi connectivity index (χ3v) is 3.24. The molecule has 0 amide bonds. The van der Waals surface area contributed by atoms with Gasteiger partial charge in [-0.25, -0.2) is 0 Å². The SMILES string of the molecule is Cc1cccn(CC(=O)OCCC2CCCO2)c1=O. The number of esters is 1. The minimum absolute atomic E-state index is 0.0357. The van der Waals surface area contributed by atoms with Crippen LogP contribution in [0.3, 0.4) is 0 Å². The van der Waals surface area contributed by atoms with Gasteiger partial charge in [-0.05, 0) is 25.8 Å². The summed E-state index contributed by atoms with van der Waals surface area (Å²) in [6.07, 6.45) is 4.66. The third kappa shape index (κ3) is 3.92. The molecule has 5 heteroatoms. The van der Waals surface area contributed by atoms with E-state index in [0.717, 1.165) is 25.9 Å².